The number of carboxylic acid groups (broad SMARTS) is 1. The van der Waals surface area contributed by atoms with E-state index in [1.54, 1.807) is 24.3 Å². The van der Waals surface area contributed by atoms with Crippen molar-refractivity contribution in [1.82, 2.24) is 4.90 Å². The number of hydrogen-bond donors (Lipinski definition) is 1. The van der Waals surface area contributed by atoms with E-state index < -0.39 is 5.97 Å². The summed E-state index contributed by atoms with van der Waals surface area (Å²) in [6.07, 6.45) is 0.693. The van der Waals surface area contributed by atoms with Crippen LogP contribution in [0.1, 0.15) is 41.5 Å². The minimum Gasteiger partial charge on any atom is -0.494 e. The predicted molar refractivity (Wildman–Crippen MR) is 155 cm³/mol. The van der Waals surface area contributed by atoms with Crippen molar-refractivity contribution in [2.45, 2.75) is 38.3 Å². The fraction of sp³-hybridized carbons (Fsp3) is 0.265. The lowest BCUT2D eigenvalue weighted by Crippen LogP contribution is -2.37. The molecule has 0 aliphatic carbocycles. The van der Waals surface area contributed by atoms with Crippen molar-refractivity contribution in [2.75, 3.05) is 20.3 Å². The van der Waals surface area contributed by atoms with E-state index in [4.69, 9.17) is 14.6 Å². The lowest BCUT2D eigenvalue weighted by Gasteiger charge is -2.33. The van der Waals surface area contributed by atoms with Gasteiger partial charge in [-0.3, -0.25) is 9.69 Å². The highest BCUT2D eigenvalue weighted by Crippen LogP contribution is 2.28. The van der Waals surface area contributed by atoms with Crippen LogP contribution in [0.3, 0.4) is 0 Å². The third-order valence-electron chi connectivity index (χ3n) is 7.10. The molecule has 0 fully saturated rings. The molecule has 0 saturated carbocycles. The molecule has 0 spiro atoms. The molecule has 0 aliphatic heterocycles. The first-order valence-electron chi connectivity index (χ1n) is 13.5. The lowest BCUT2D eigenvalue weighted by atomic mass is 9.90. The quantitative estimate of drug-likeness (QED) is 0.187. The number of hydrogen-bond acceptors (Lipinski definition) is 4. The van der Waals surface area contributed by atoms with Gasteiger partial charge in [0.05, 0.1) is 20.1 Å². The normalized spacial score (nSPS) is 11.9. The molecule has 0 heterocycles. The van der Waals surface area contributed by atoms with Gasteiger partial charge in [-0.15, -0.1) is 0 Å². The summed E-state index contributed by atoms with van der Waals surface area (Å²) in [7, 11) is 1.47. The molecule has 40 heavy (non-hydrogen) atoms. The van der Waals surface area contributed by atoms with Crippen LogP contribution in [-0.2, 0) is 17.8 Å². The Kier molecular flexibility index (Phi) is 10.3. The van der Waals surface area contributed by atoms with E-state index in [1.165, 1.54) is 18.2 Å². The molecule has 208 valence electrons. The molecule has 4 aromatic carbocycles. The van der Waals surface area contributed by atoms with E-state index in [-0.39, 0.29) is 29.9 Å². The molecule has 0 bridgehead atoms. The van der Waals surface area contributed by atoms with Gasteiger partial charge >= 0.3 is 5.97 Å². The number of ether oxygens (including phenoxy) is 2. The molecule has 0 amide bonds. The van der Waals surface area contributed by atoms with Crippen LogP contribution < -0.4 is 9.47 Å². The van der Waals surface area contributed by atoms with Crippen LogP contribution in [0, 0.1) is 5.82 Å². The first-order valence-corrected chi connectivity index (χ1v) is 13.5. The number of benzene rings is 4. The van der Waals surface area contributed by atoms with E-state index in [1.807, 2.05) is 30.3 Å². The lowest BCUT2D eigenvalue weighted by molar-refractivity contribution is -0.136. The zero-order valence-electron chi connectivity index (χ0n) is 23.0. The van der Waals surface area contributed by atoms with Gasteiger partial charge in [-0.25, -0.2) is 4.39 Å². The number of methoxy groups -OCH3 is 1. The zero-order chi connectivity index (χ0) is 28.3. The maximum atomic E-state index is 14.6. The minimum atomic E-state index is -0.872. The van der Waals surface area contributed by atoms with Crippen molar-refractivity contribution in [3.63, 3.8) is 0 Å². The van der Waals surface area contributed by atoms with Crippen LogP contribution in [0.2, 0.25) is 0 Å². The van der Waals surface area contributed by atoms with Gasteiger partial charge in [0.2, 0.25) is 0 Å². The third kappa shape index (κ3) is 8.17. The maximum absolute atomic E-state index is 14.6. The second-order valence-electron chi connectivity index (χ2n) is 9.98. The van der Waals surface area contributed by atoms with Crippen molar-refractivity contribution in [3.05, 3.63) is 131 Å². The highest BCUT2D eigenvalue weighted by atomic mass is 19.1. The smallest absolute Gasteiger partial charge is 0.307 e. The molecule has 4 aromatic rings. The number of carbonyl (C=O) groups is 1. The monoisotopic (exact) mass is 541 g/mol. The third-order valence-corrected chi connectivity index (χ3v) is 7.10. The summed E-state index contributed by atoms with van der Waals surface area (Å²) in [5, 5.41) is 9.10. The van der Waals surface area contributed by atoms with Gasteiger partial charge in [0.25, 0.3) is 0 Å². The highest BCUT2D eigenvalue weighted by molar-refractivity contribution is 5.70. The Morgan fingerprint density at radius 3 is 2.15 bits per heavy atom. The van der Waals surface area contributed by atoms with Gasteiger partial charge < -0.3 is 14.6 Å². The van der Waals surface area contributed by atoms with E-state index in [0.717, 1.165) is 18.5 Å². The van der Waals surface area contributed by atoms with Crippen molar-refractivity contribution in [1.29, 1.82) is 0 Å². The van der Waals surface area contributed by atoms with Gasteiger partial charge in [0.1, 0.15) is 5.75 Å². The fourth-order valence-corrected chi connectivity index (χ4v) is 4.90. The van der Waals surface area contributed by atoms with Crippen molar-refractivity contribution < 1.29 is 23.8 Å². The Bertz CT molecular complexity index is 1320. The summed E-state index contributed by atoms with van der Waals surface area (Å²) >= 11 is 0. The number of carboxylic acids is 1. The fourth-order valence-electron chi connectivity index (χ4n) is 4.90. The SMILES string of the molecule is COc1ccc(CN(CC(c2ccccc2)c2ccccc2)C(C)CCOc2cccc(CC(=O)O)c2)cc1F. The summed E-state index contributed by atoms with van der Waals surface area (Å²) in [6, 6.07) is 33.4. The first-order chi connectivity index (χ1) is 19.4. The van der Waals surface area contributed by atoms with Crippen molar-refractivity contribution in [3.8, 4) is 11.5 Å². The molecular formula is C34H36FNO4. The molecule has 1 N–H and O–H groups in total. The molecule has 5 nitrogen and oxygen atoms in total. The minimum absolute atomic E-state index is 0.0415. The second kappa shape index (κ2) is 14.3. The average molecular weight is 542 g/mol. The van der Waals surface area contributed by atoms with Crippen LogP contribution in [0.4, 0.5) is 4.39 Å². The van der Waals surface area contributed by atoms with Crippen molar-refractivity contribution in [2.24, 2.45) is 0 Å². The van der Waals surface area contributed by atoms with Crippen LogP contribution in [-0.4, -0.2) is 42.3 Å². The van der Waals surface area contributed by atoms with Gasteiger partial charge in [0, 0.05) is 25.0 Å². The van der Waals surface area contributed by atoms with Gasteiger partial charge in [0.15, 0.2) is 11.6 Å². The number of halogens is 1. The predicted octanol–water partition coefficient (Wildman–Crippen LogP) is 6.95. The van der Waals surface area contributed by atoms with Gasteiger partial charge in [-0.2, -0.15) is 0 Å². The molecular weight excluding hydrogens is 505 g/mol. The van der Waals surface area contributed by atoms with E-state index in [2.05, 4.69) is 60.4 Å². The molecule has 1 atom stereocenters. The standard InChI is InChI=1S/C34H36FNO4/c1-25(18-19-40-30-15-9-10-26(20-30)22-34(37)38)36(23-27-16-17-33(39-2)32(35)21-27)24-31(28-11-5-3-6-12-28)29-13-7-4-8-14-29/h3-17,20-21,25,31H,18-19,22-24H2,1-2H3,(H,37,38). The molecule has 0 aliphatic rings. The Balaban J connectivity index is 1.54. The molecule has 0 radical (unpaired) electrons. The van der Waals surface area contributed by atoms with Crippen LogP contribution in [0.15, 0.2) is 103 Å². The van der Waals surface area contributed by atoms with Crippen LogP contribution >= 0.6 is 0 Å². The van der Waals surface area contributed by atoms with E-state index in [0.29, 0.717) is 24.5 Å². The average Bonchev–Trinajstić information content (AvgIpc) is 2.96. The summed E-state index contributed by atoms with van der Waals surface area (Å²) in [4.78, 5) is 13.5. The Morgan fingerprint density at radius 2 is 1.55 bits per heavy atom. The molecule has 0 saturated heterocycles. The van der Waals surface area contributed by atoms with Gasteiger partial charge in [-0.1, -0.05) is 78.9 Å². The summed E-state index contributed by atoms with van der Waals surface area (Å²) in [6.45, 7) is 3.92. The summed E-state index contributed by atoms with van der Waals surface area (Å²) in [5.41, 5.74) is 4.01. The first kappa shape index (κ1) is 28.8. The summed E-state index contributed by atoms with van der Waals surface area (Å²) in [5.74, 6) is -0.237. The number of aliphatic carboxylic acids is 1. The number of rotatable bonds is 14. The maximum Gasteiger partial charge on any atom is 0.307 e. The Morgan fingerprint density at radius 1 is 0.875 bits per heavy atom. The molecule has 6 heteroatoms. The Labute approximate surface area is 235 Å². The molecule has 0 aromatic heterocycles. The molecule has 4 rings (SSSR count). The van der Waals surface area contributed by atoms with Crippen molar-refractivity contribution >= 4 is 5.97 Å². The zero-order valence-corrected chi connectivity index (χ0v) is 23.0. The number of nitrogens with zero attached hydrogens (tertiary/aromatic N) is 1. The van der Waals surface area contributed by atoms with E-state index in [9.17, 15) is 9.18 Å². The summed E-state index contributed by atoms with van der Waals surface area (Å²) < 4.78 is 25.7. The largest absolute Gasteiger partial charge is 0.494 e. The highest BCUT2D eigenvalue weighted by Gasteiger charge is 2.23. The van der Waals surface area contributed by atoms with Crippen LogP contribution in [0.5, 0.6) is 11.5 Å². The van der Waals surface area contributed by atoms with Crippen LogP contribution in [0.25, 0.3) is 0 Å². The topological polar surface area (TPSA) is 59.0 Å². The Hall–Kier alpha value is -4.16. The molecule has 1 unspecified atom stereocenters. The van der Waals surface area contributed by atoms with Gasteiger partial charge in [-0.05, 0) is 59.9 Å². The van der Waals surface area contributed by atoms with E-state index >= 15 is 0 Å². The second-order valence-corrected chi connectivity index (χ2v) is 9.98.